The number of carbonyl (C=O) groups excluding carboxylic acids is 1. The summed E-state index contributed by atoms with van der Waals surface area (Å²) in [4.78, 5) is 12.0. The van der Waals surface area contributed by atoms with E-state index in [9.17, 15) is 13.2 Å². The molecule has 23 heavy (non-hydrogen) atoms. The Kier molecular flexibility index (Phi) is 7.41. The Balaban J connectivity index is 2.82. The lowest BCUT2D eigenvalue weighted by Crippen LogP contribution is -2.43. The molecule has 0 aromatic heterocycles. The third-order valence-corrected chi connectivity index (χ3v) is 4.57. The van der Waals surface area contributed by atoms with Crippen LogP contribution in [0.5, 0.6) is 0 Å². The number of ether oxygens (including phenoxy) is 1. The van der Waals surface area contributed by atoms with Gasteiger partial charge in [-0.05, 0) is 25.0 Å². The van der Waals surface area contributed by atoms with E-state index in [-0.39, 0.29) is 17.4 Å². The van der Waals surface area contributed by atoms with E-state index in [0.29, 0.717) is 6.42 Å². The predicted molar refractivity (Wildman–Crippen MR) is 87.0 cm³/mol. The highest BCUT2D eigenvalue weighted by molar-refractivity contribution is 7.86. The minimum absolute atomic E-state index is 0.0120. The van der Waals surface area contributed by atoms with Gasteiger partial charge in [-0.2, -0.15) is 18.2 Å². The van der Waals surface area contributed by atoms with Crippen LogP contribution in [0.4, 0.5) is 0 Å². The van der Waals surface area contributed by atoms with Gasteiger partial charge in [0.05, 0.1) is 4.90 Å². The van der Waals surface area contributed by atoms with Gasteiger partial charge in [0.25, 0.3) is 0 Å². The Morgan fingerprint density at radius 1 is 1.35 bits per heavy atom. The van der Waals surface area contributed by atoms with Crippen molar-refractivity contribution in [3.05, 3.63) is 42.5 Å². The number of hydroxylamine groups is 1. The number of hydrogen-bond donors (Lipinski definition) is 1. The van der Waals surface area contributed by atoms with E-state index < -0.39 is 22.1 Å². The molecule has 0 fully saturated rings. The maximum atomic E-state index is 12.1. The molecule has 0 aliphatic rings. The lowest BCUT2D eigenvalue weighted by atomic mass is 10.0. The summed E-state index contributed by atoms with van der Waals surface area (Å²) >= 11 is 0. The van der Waals surface area contributed by atoms with Crippen LogP contribution in [0.15, 0.2) is 41.8 Å². The van der Waals surface area contributed by atoms with Crippen molar-refractivity contribution in [2.45, 2.75) is 38.1 Å². The average Bonchev–Trinajstić information content (AvgIpc) is 2.53. The van der Waals surface area contributed by atoms with Crippen molar-refractivity contribution in [3.63, 3.8) is 0 Å². The van der Waals surface area contributed by atoms with Crippen molar-refractivity contribution < 1.29 is 22.2 Å². The van der Waals surface area contributed by atoms with Gasteiger partial charge in [-0.1, -0.05) is 50.6 Å². The Morgan fingerprint density at radius 2 is 1.96 bits per heavy atom. The lowest BCUT2D eigenvalue weighted by molar-refractivity contribution is -0.148. The summed E-state index contributed by atoms with van der Waals surface area (Å²) in [6.45, 7) is 9.05. The van der Waals surface area contributed by atoms with Crippen LogP contribution in [0.3, 0.4) is 0 Å². The smallest absolute Gasteiger partial charge is 0.326 e. The number of rotatable bonds is 9. The predicted octanol–water partition coefficient (Wildman–Crippen LogP) is 2.35. The van der Waals surface area contributed by atoms with Gasteiger partial charge in [0.15, 0.2) is 0 Å². The van der Waals surface area contributed by atoms with E-state index in [1.165, 1.54) is 18.2 Å². The highest BCUT2D eigenvalue weighted by atomic mass is 32.2. The molecule has 0 aliphatic carbocycles. The summed E-state index contributed by atoms with van der Waals surface area (Å²) in [7, 11) is -4.01. The third kappa shape index (κ3) is 5.78. The van der Waals surface area contributed by atoms with Crippen molar-refractivity contribution in [2.24, 2.45) is 5.92 Å². The van der Waals surface area contributed by atoms with Gasteiger partial charge in [-0.25, -0.2) is 0 Å². The molecular weight excluding hydrogens is 318 g/mol. The molecular formula is C16H23NO5S. The van der Waals surface area contributed by atoms with Crippen LogP contribution >= 0.6 is 0 Å². The van der Waals surface area contributed by atoms with Gasteiger partial charge in [0.2, 0.25) is 0 Å². The minimum Gasteiger partial charge on any atom is -0.460 e. The van der Waals surface area contributed by atoms with E-state index in [2.05, 4.69) is 12.1 Å². The minimum atomic E-state index is -4.01. The first-order valence-corrected chi connectivity index (χ1v) is 8.75. The molecule has 6 nitrogen and oxygen atoms in total. The maximum absolute atomic E-state index is 12.1. The molecule has 1 aromatic rings. The second-order valence-electron chi connectivity index (χ2n) is 5.25. The van der Waals surface area contributed by atoms with Crippen LogP contribution in [0.1, 0.15) is 25.8 Å². The molecule has 0 spiro atoms. The number of esters is 1. The van der Waals surface area contributed by atoms with Crippen LogP contribution in [0.25, 0.3) is 0 Å². The molecule has 2 atom stereocenters. The first-order chi connectivity index (χ1) is 10.8. The third-order valence-electron chi connectivity index (χ3n) is 3.40. The van der Waals surface area contributed by atoms with Crippen LogP contribution in [0, 0.1) is 12.8 Å². The summed E-state index contributed by atoms with van der Waals surface area (Å²) in [5.74, 6) is -0.751. The molecule has 0 saturated heterocycles. The van der Waals surface area contributed by atoms with Gasteiger partial charge in [0.1, 0.15) is 12.6 Å². The van der Waals surface area contributed by atoms with E-state index in [0.717, 1.165) is 5.56 Å². The first kappa shape index (κ1) is 19.3. The zero-order chi connectivity index (χ0) is 17.5. The summed E-state index contributed by atoms with van der Waals surface area (Å²) in [6.07, 6.45) is 2.09. The van der Waals surface area contributed by atoms with Gasteiger partial charge >= 0.3 is 16.1 Å². The maximum Gasteiger partial charge on any atom is 0.326 e. The van der Waals surface area contributed by atoms with Crippen LogP contribution in [-0.2, 0) is 23.9 Å². The van der Waals surface area contributed by atoms with Crippen LogP contribution in [-0.4, -0.2) is 27.0 Å². The Hall–Kier alpha value is -1.70. The molecule has 0 radical (unpaired) electrons. The number of nitrogens with one attached hydrogen (secondary N) is 1. The van der Waals surface area contributed by atoms with Crippen molar-refractivity contribution >= 4 is 16.1 Å². The van der Waals surface area contributed by atoms with Crippen molar-refractivity contribution in [1.29, 1.82) is 0 Å². The Labute approximate surface area is 137 Å². The normalized spacial score (nSPS) is 14.0. The summed E-state index contributed by atoms with van der Waals surface area (Å²) in [6, 6.07) is 5.34. The van der Waals surface area contributed by atoms with E-state index in [1.807, 2.05) is 13.8 Å². The summed E-state index contributed by atoms with van der Waals surface area (Å²) in [5.41, 5.74) is 3.27. The highest BCUT2D eigenvalue weighted by Gasteiger charge is 2.28. The molecule has 0 bridgehead atoms. The fourth-order valence-corrected chi connectivity index (χ4v) is 2.53. The molecule has 1 rings (SSSR count). The molecule has 1 N–H and O–H groups in total. The molecule has 0 unspecified atom stereocenters. The van der Waals surface area contributed by atoms with Gasteiger partial charge in [-0.15, -0.1) is 0 Å². The molecule has 7 heteroatoms. The quantitative estimate of drug-likeness (QED) is 0.422. The van der Waals surface area contributed by atoms with Crippen molar-refractivity contribution in [3.8, 4) is 0 Å². The molecule has 0 aliphatic heterocycles. The topological polar surface area (TPSA) is 81.7 Å². The molecule has 128 valence electrons. The molecule has 0 heterocycles. The largest absolute Gasteiger partial charge is 0.460 e. The first-order valence-electron chi connectivity index (χ1n) is 7.35. The van der Waals surface area contributed by atoms with Gasteiger partial charge in [-0.3, -0.25) is 4.79 Å². The number of benzene rings is 1. The lowest BCUT2D eigenvalue weighted by Gasteiger charge is -2.21. The molecule has 1 aromatic carbocycles. The zero-order valence-corrected chi connectivity index (χ0v) is 14.4. The standard InChI is InChI=1S/C16H23NO5S/c1-5-11-21-16(18)15(13(4)6-2)17-22-23(19,20)14-9-7-12(3)8-10-14/h5,7-10,13,15,17H,1,6,11H2,2-4H3/t13-,15-/m0/s1. The summed E-state index contributed by atoms with van der Waals surface area (Å²) < 4.78 is 34.1. The fraction of sp³-hybridized carbons (Fsp3) is 0.438. The number of carbonyl (C=O) groups is 1. The Morgan fingerprint density at radius 3 is 2.48 bits per heavy atom. The van der Waals surface area contributed by atoms with E-state index >= 15 is 0 Å². The molecule has 0 saturated carbocycles. The molecule has 0 amide bonds. The fourth-order valence-electron chi connectivity index (χ4n) is 1.73. The second-order valence-corrected chi connectivity index (χ2v) is 6.80. The number of aryl methyl sites for hydroxylation is 1. The SMILES string of the molecule is C=CCOC(=O)[C@@H](NOS(=O)(=O)c1ccc(C)cc1)[C@@H](C)CC. The second kappa shape index (κ2) is 8.81. The van der Waals surface area contributed by atoms with Gasteiger partial charge < -0.3 is 4.74 Å². The average molecular weight is 341 g/mol. The monoisotopic (exact) mass is 341 g/mol. The van der Waals surface area contributed by atoms with Crippen LogP contribution < -0.4 is 5.48 Å². The Bertz CT molecular complexity index is 624. The van der Waals surface area contributed by atoms with E-state index in [4.69, 9.17) is 9.02 Å². The number of hydrogen-bond acceptors (Lipinski definition) is 6. The summed E-state index contributed by atoms with van der Waals surface area (Å²) in [5, 5.41) is 0. The van der Waals surface area contributed by atoms with Crippen LogP contribution in [0.2, 0.25) is 0 Å². The highest BCUT2D eigenvalue weighted by Crippen LogP contribution is 2.15. The van der Waals surface area contributed by atoms with Crippen molar-refractivity contribution in [2.75, 3.05) is 6.61 Å². The van der Waals surface area contributed by atoms with Crippen molar-refractivity contribution in [1.82, 2.24) is 5.48 Å². The van der Waals surface area contributed by atoms with Gasteiger partial charge in [0, 0.05) is 0 Å². The van der Waals surface area contributed by atoms with E-state index in [1.54, 1.807) is 19.1 Å². The zero-order valence-electron chi connectivity index (χ0n) is 13.6.